The Kier molecular flexibility index (Phi) is 6.02. The molecule has 2 nitrogen and oxygen atoms in total. The van der Waals surface area contributed by atoms with E-state index in [1.807, 2.05) is 22.6 Å². The number of unbranched alkanes of at least 4 members (excludes halogenated alkanes) is 2. The lowest BCUT2D eigenvalue weighted by atomic mass is 10.1. The minimum absolute atomic E-state index is 0.219. The predicted octanol–water partition coefficient (Wildman–Crippen LogP) is 4.39. The SMILES string of the molecule is CCCCCC(C)Nc1cc(F)c(I)cc1N. The molecule has 4 heteroatoms. The van der Waals surface area contributed by atoms with Gasteiger partial charge in [-0.1, -0.05) is 26.2 Å². The molecule has 0 spiro atoms. The van der Waals surface area contributed by atoms with E-state index >= 15 is 0 Å². The van der Waals surface area contributed by atoms with Crippen molar-refractivity contribution in [2.24, 2.45) is 0 Å². The Hall–Kier alpha value is -0.520. The largest absolute Gasteiger partial charge is 0.397 e. The van der Waals surface area contributed by atoms with Crippen molar-refractivity contribution in [1.29, 1.82) is 0 Å². The van der Waals surface area contributed by atoms with Gasteiger partial charge in [-0.05, 0) is 42.0 Å². The van der Waals surface area contributed by atoms with E-state index < -0.39 is 0 Å². The number of hydrogen-bond acceptors (Lipinski definition) is 2. The molecule has 1 unspecified atom stereocenters. The van der Waals surface area contributed by atoms with Crippen LogP contribution in [0, 0.1) is 9.39 Å². The van der Waals surface area contributed by atoms with Crippen LogP contribution in [-0.2, 0) is 0 Å². The van der Waals surface area contributed by atoms with E-state index in [1.54, 1.807) is 6.07 Å². The monoisotopic (exact) mass is 350 g/mol. The molecular formula is C13H20FIN2. The van der Waals surface area contributed by atoms with Crippen LogP contribution in [0.1, 0.15) is 39.5 Å². The Balaban J connectivity index is 2.58. The van der Waals surface area contributed by atoms with Crippen LogP contribution in [0.25, 0.3) is 0 Å². The van der Waals surface area contributed by atoms with Gasteiger partial charge in [0.05, 0.1) is 14.9 Å². The average molecular weight is 350 g/mol. The molecule has 0 heterocycles. The number of rotatable bonds is 6. The van der Waals surface area contributed by atoms with Crippen LogP contribution in [0.5, 0.6) is 0 Å². The maximum Gasteiger partial charge on any atom is 0.138 e. The first-order chi connectivity index (χ1) is 8.04. The number of nitrogen functional groups attached to an aromatic ring is 1. The second-order valence-electron chi connectivity index (χ2n) is 4.39. The van der Waals surface area contributed by atoms with Gasteiger partial charge in [-0.15, -0.1) is 0 Å². The van der Waals surface area contributed by atoms with Crippen LogP contribution in [0.15, 0.2) is 12.1 Å². The molecule has 1 atom stereocenters. The Morgan fingerprint density at radius 3 is 2.76 bits per heavy atom. The normalized spacial score (nSPS) is 12.5. The fraction of sp³-hybridized carbons (Fsp3) is 0.538. The number of nitrogens with two attached hydrogens (primary N) is 1. The lowest BCUT2D eigenvalue weighted by molar-refractivity contribution is 0.610. The maximum atomic E-state index is 13.4. The second kappa shape index (κ2) is 7.03. The van der Waals surface area contributed by atoms with Crippen LogP contribution in [0.4, 0.5) is 15.8 Å². The molecule has 17 heavy (non-hydrogen) atoms. The quantitative estimate of drug-likeness (QED) is 0.454. The maximum absolute atomic E-state index is 13.4. The molecular weight excluding hydrogens is 330 g/mol. The average Bonchev–Trinajstić information content (AvgIpc) is 2.26. The molecule has 0 aromatic heterocycles. The molecule has 0 radical (unpaired) electrons. The van der Waals surface area contributed by atoms with Crippen molar-refractivity contribution in [3.05, 3.63) is 21.5 Å². The summed E-state index contributed by atoms with van der Waals surface area (Å²) in [6, 6.07) is 3.47. The summed E-state index contributed by atoms with van der Waals surface area (Å²) < 4.78 is 14.0. The van der Waals surface area contributed by atoms with Crippen molar-refractivity contribution in [3.63, 3.8) is 0 Å². The van der Waals surface area contributed by atoms with Gasteiger partial charge in [0.15, 0.2) is 0 Å². The van der Waals surface area contributed by atoms with Crippen LogP contribution < -0.4 is 11.1 Å². The van der Waals surface area contributed by atoms with Gasteiger partial charge >= 0.3 is 0 Å². The minimum atomic E-state index is -0.219. The number of halogens is 2. The Bertz CT molecular complexity index is 369. The molecule has 1 aromatic rings. The first-order valence-electron chi connectivity index (χ1n) is 6.05. The van der Waals surface area contributed by atoms with Gasteiger partial charge in [0, 0.05) is 12.1 Å². The molecule has 0 aliphatic rings. The summed E-state index contributed by atoms with van der Waals surface area (Å²) in [4.78, 5) is 0. The fourth-order valence-electron chi connectivity index (χ4n) is 1.73. The van der Waals surface area contributed by atoms with Crippen LogP contribution in [0.3, 0.4) is 0 Å². The van der Waals surface area contributed by atoms with Gasteiger partial charge in [-0.3, -0.25) is 0 Å². The zero-order valence-electron chi connectivity index (χ0n) is 10.4. The standard InChI is InChI=1S/C13H20FIN2/c1-3-4-5-6-9(2)17-13-7-10(14)11(15)8-12(13)16/h7-9,17H,3-6,16H2,1-2H3. The highest BCUT2D eigenvalue weighted by Crippen LogP contribution is 2.25. The van der Waals surface area contributed by atoms with Gasteiger partial charge in [0.25, 0.3) is 0 Å². The number of benzene rings is 1. The van der Waals surface area contributed by atoms with E-state index in [2.05, 4.69) is 19.2 Å². The van der Waals surface area contributed by atoms with E-state index in [0.29, 0.717) is 21.0 Å². The van der Waals surface area contributed by atoms with Crippen molar-refractivity contribution >= 4 is 34.0 Å². The van der Waals surface area contributed by atoms with Crippen LogP contribution >= 0.6 is 22.6 Å². The third-order valence-electron chi connectivity index (χ3n) is 2.74. The summed E-state index contributed by atoms with van der Waals surface area (Å²) in [5, 5.41) is 3.27. The van der Waals surface area contributed by atoms with Gasteiger partial charge in [-0.2, -0.15) is 0 Å². The van der Waals surface area contributed by atoms with Gasteiger partial charge in [0.1, 0.15) is 5.82 Å². The molecule has 0 amide bonds. The van der Waals surface area contributed by atoms with Crippen molar-refractivity contribution in [1.82, 2.24) is 0 Å². The highest BCUT2D eigenvalue weighted by atomic mass is 127. The summed E-state index contributed by atoms with van der Waals surface area (Å²) in [6.45, 7) is 4.29. The molecule has 3 N–H and O–H groups in total. The zero-order valence-corrected chi connectivity index (χ0v) is 12.6. The fourth-order valence-corrected chi connectivity index (χ4v) is 2.22. The molecule has 0 saturated heterocycles. The lowest BCUT2D eigenvalue weighted by Gasteiger charge is -2.17. The summed E-state index contributed by atoms with van der Waals surface area (Å²) in [5.74, 6) is -0.219. The van der Waals surface area contributed by atoms with E-state index in [-0.39, 0.29) is 5.82 Å². The van der Waals surface area contributed by atoms with E-state index in [9.17, 15) is 4.39 Å². The first-order valence-corrected chi connectivity index (χ1v) is 7.13. The minimum Gasteiger partial charge on any atom is -0.397 e. The number of hydrogen-bond donors (Lipinski definition) is 2. The predicted molar refractivity (Wildman–Crippen MR) is 80.8 cm³/mol. The Morgan fingerprint density at radius 1 is 1.41 bits per heavy atom. The van der Waals surface area contributed by atoms with Gasteiger partial charge in [-0.25, -0.2) is 4.39 Å². The van der Waals surface area contributed by atoms with E-state index in [4.69, 9.17) is 5.73 Å². The summed E-state index contributed by atoms with van der Waals surface area (Å²) in [7, 11) is 0. The molecule has 0 aliphatic carbocycles. The third-order valence-corrected chi connectivity index (χ3v) is 3.56. The summed E-state index contributed by atoms with van der Waals surface area (Å²) in [6.07, 6.45) is 4.73. The Morgan fingerprint density at radius 2 is 2.12 bits per heavy atom. The molecule has 96 valence electrons. The van der Waals surface area contributed by atoms with Crippen LogP contribution in [0.2, 0.25) is 0 Å². The highest BCUT2D eigenvalue weighted by Gasteiger charge is 2.08. The third kappa shape index (κ3) is 4.69. The molecule has 0 fully saturated rings. The van der Waals surface area contributed by atoms with E-state index in [1.165, 1.54) is 25.3 Å². The smallest absolute Gasteiger partial charge is 0.138 e. The second-order valence-corrected chi connectivity index (χ2v) is 5.56. The van der Waals surface area contributed by atoms with Crippen LogP contribution in [-0.4, -0.2) is 6.04 Å². The van der Waals surface area contributed by atoms with Crippen molar-refractivity contribution in [2.75, 3.05) is 11.1 Å². The highest BCUT2D eigenvalue weighted by molar-refractivity contribution is 14.1. The zero-order chi connectivity index (χ0) is 12.8. The molecule has 1 aromatic carbocycles. The molecule has 1 rings (SSSR count). The number of anilines is 2. The van der Waals surface area contributed by atoms with Gasteiger partial charge < -0.3 is 11.1 Å². The molecule has 0 saturated carbocycles. The summed E-state index contributed by atoms with van der Waals surface area (Å²) in [5.41, 5.74) is 7.17. The lowest BCUT2D eigenvalue weighted by Crippen LogP contribution is -2.16. The first kappa shape index (κ1) is 14.5. The van der Waals surface area contributed by atoms with E-state index in [0.717, 1.165) is 6.42 Å². The van der Waals surface area contributed by atoms with Gasteiger partial charge in [0.2, 0.25) is 0 Å². The summed E-state index contributed by atoms with van der Waals surface area (Å²) >= 11 is 1.95. The molecule has 0 aliphatic heterocycles. The van der Waals surface area contributed by atoms with Crippen molar-refractivity contribution in [2.45, 2.75) is 45.6 Å². The Labute approximate surface area is 116 Å². The molecule has 0 bridgehead atoms. The number of nitrogens with one attached hydrogen (secondary N) is 1. The van der Waals surface area contributed by atoms with Crippen molar-refractivity contribution < 1.29 is 4.39 Å². The topological polar surface area (TPSA) is 38.0 Å². The van der Waals surface area contributed by atoms with Crippen molar-refractivity contribution in [3.8, 4) is 0 Å².